The molecule has 82 valence electrons. The molecule has 0 saturated carbocycles. The maximum Gasteiger partial charge on any atom is 0.307 e. The largest absolute Gasteiger partial charge is 0.490 e. The Balaban J connectivity index is 2.53. The summed E-state index contributed by atoms with van der Waals surface area (Å²) in [5.74, 6) is -0.268. The zero-order valence-corrected chi connectivity index (χ0v) is 8.51. The minimum Gasteiger partial charge on any atom is -0.490 e. The second kappa shape index (κ2) is 5.36. The Morgan fingerprint density at radius 2 is 2.00 bits per heavy atom. The van der Waals surface area contributed by atoms with E-state index in [-0.39, 0.29) is 19.1 Å². The molecule has 0 spiro atoms. The molecule has 0 aromatic heterocycles. The Morgan fingerprint density at radius 1 is 1.40 bits per heavy atom. The molecule has 0 heterocycles. The number of hydrogen-bond acceptors (Lipinski definition) is 3. The van der Waals surface area contributed by atoms with Gasteiger partial charge in [-0.1, -0.05) is 12.1 Å². The first-order valence-electron chi connectivity index (χ1n) is 4.70. The highest BCUT2D eigenvalue weighted by Crippen LogP contribution is 2.14. The van der Waals surface area contributed by atoms with Crippen LogP contribution in [-0.4, -0.2) is 22.3 Å². The number of benzene rings is 1. The number of aliphatic hydroxyl groups is 1. The van der Waals surface area contributed by atoms with E-state index in [0.29, 0.717) is 5.75 Å². The van der Waals surface area contributed by atoms with Crippen molar-refractivity contribution in [3.63, 3.8) is 0 Å². The van der Waals surface area contributed by atoms with Gasteiger partial charge in [0.1, 0.15) is 11.9 Å². The van der Waals surface area contributed by atoms with Gasteiger partial charge in [0.15, 0.2) is 0 Å². The number of carbonyl (C=O) groups is 1. The molecule has 1 atom stereocenters. The first-order valence-corrected chi connectivity index (χ1v) is 4.70. The summed E-state index contributed by atoms with van der Waals surface area (Å²) >= 11 is 0. The number of aliphatic carboxylic acids is 1. The van der Waals surface area contributed by atoms with Gasteiger partial charge in [0.05, 0.1) is 13.0 Å². The maximum absolute atomic E-state index is 10.4. The van der Waals surface area contributed by atoms with Crippen LogP contribution in [0.4, 0.5) is 0 Å². The zero-order chi connectivity index (χ0) is 11.3. The molecule has 4 heteroatoms. The normalized spacial score (nSPS) is 12.1. The molecule has 0 unspecified atom stereocenters. The number of aliphatic hydroxyl groups excluding tert-OH is 1. The van der Waals surface area contributed by atoms with Crippen molar-refractivity contribution in [1.29, 1.82) is 0 Å². The van der Waals surface area contributed by atoms with E-state index in [1.165, 1.54) is 0 Å². The second-order valence-electron chi connectivity index (χ2n) is 3.33. The molecule has 0 aliphatic rings. The number of ether oxygens (including phenoxy) is 1. The summed E-state index contributed by atoms with van der Waals surface area (Å²) in [5, 5.41) is 17.3. The van der Waals surface area contributed by atoms with Gasteiger partial charge in [0.25, 0.3) is 0 Å². The van der Waals surface area contributed by atoms with Crippen molar-refractivity contribution in [3.05, 3.63) is 29.8 Å². The molecule has 2 N–H and O–H groups in total. The van der Waals surface area contributed by atoms with Crippen LogP contribution in [0.2, 0.25) is 0 Å². The van der Waals surface area contributed by atoms with Crippen molar-refractivity contribution in [3.8, 4) is 5.75 Å². The Kier molecular flexibility index (Phi) is 4.12. The number of hydrogen-bond donors (Lipinski definition) is 2. The highest BCUT2D eigenvalue weighted by molar-refractivity contribution is 5.67. The van der Waals surface area contributed by atoms with Gasteiger partial charge in [0.2, 0.25) is 0 Å². The molecular weight excluding hydrogens is 196 g/mol. The lowest BCUT2D eigenvalue weighted by atomic mass is 10.2. The molecule has 0 fully saturated rings. The fourth-order valence-electron chi connectivity index (χ4n) is 1.19. The first kappa shape index (κ1) is 11.5. The van der Waals surface area contributed by atoms with Gasteiger partial charge < -0.3 is 14.9 Å². The number of rotatable bonds is 5. The Bertz CT molecular complexity index is 318. The molecule has 0 saturated heterocycles. The molecule has 0 amide bonds. The third-order valence-corrected chi connectivity index (χ3v) is 1.91. The lowest BCUT2D eigenvalue weighted by molar-refractivity contribution is -0.138. The van der Waals surface area contributed by atoms with Gasteiger partial charge in [-0.25, -0.2) is 0 Å². The monoisotopic (exact) mass is 210 g/mol. The highest BCUT2D eigenvalue weighted by atomic mass is 16.5. The van der Waals surface area contributed by atoms with Crippen LogP contribution in [0.3, 0.4) is 0 Å². The Labute approximate surface area is 88.1 Å². The SMILES string of the molecule is C[C@@H](CC(=O)O)Oc1ccc(CO)cc1. The molecule has 15 heavy (non-hydrogen) atoms. The van der Waals surface area contributed by atoms with Crippen LogP contribution in [-0.2, 0) is 11.4 Å². The van der Waals surface area contributed by atoms with E-state index >= 15 is 0 Å². The van der Waals surface area contributed by atoms with Crippen molar-refractivity contribution in [2.45, 2.75) is 26.1 Å². The number of carboxylic acids is 1. The molecule has 0 aliphatic carbocycles. The zero-order valence-electron chi connectivity index (χ0n) is 8.51. The van der Waals surface area contributed by atoms with Crippen LogP contribution in [0.15, 0.2) is 24.3 Å². The molecule has 1 aromatic rings. The summed E-state index contributed by atoms with van der Waals surface area (Å²) in [6.45, 7) is 1.69. The van der Waals surface area contributed by atoms with Crippen LogP contribution in [0, 0.1) is 0 Å². The van der Waals surface area contributed by atoms with Crippen molar-refractivity contribution in [1.82, 2.24) is 0 Å². The Hall–Kier alpha value is -1.55. The second-order valence-corrected chi connectivity index (χ2v) is 3.33. The average molecular weight is 210 g/mol. The van der Waals surface area contributed by atoms with Crippen molar-refractivity contribution >= 4 is 5.97 Å². The van der Waals surface area contributed by atoms with Crippen molar-refractivity contribution < 1.29 is 19.7 Å². The van der Waals surface area contributed by atoms with Gasteiger partial charge in [-0.05, 0) is 24.6 Å². The standard InChI is InChI=1S/C11H14O4/c1-8(6-11(13)14)15-10-4-2-9(7-12)3-5-10/h2-5,8,12H,6-7H2,1H3,(H,13,14)/t8-/m0/s1. The lowest BCUT2D eigenvalue weighted by Gasteiger charge is -2.12. The van der Waals surface area contributed by atoms with Crippen molar-refractivity contribution in [2.75, 3.05) is 0 Å². The highest BCUT2D eigenvalue weighted by Gasteiger charge is 2.08. The Morgan fingerprint density at radius 3 is 2.47 bits per heavy atom. The topological polar surface area (TPSA) is 66.8 Å². The van der Waals surface area contributed by atoms with Crippen LogP contribution in [0.1, 0.15) is 18.9 Å². The predicted molar refractivity (Wildman–Crippen MR) is 54.7 cm³/mol. The molecular formula is C11H14O4. The van der Waals surface area contributed by atoms with Crippen LogP contribution in [0.25, 0.3) is 0 Å². The first-order chi connectivity index (χ1) is 7.11. The fourth-order valence-corrected chi connectivity index (χ4v) is 1.19. The molecule has 1 rings (SSSR count). The summed E-state index contributed by atoms with van der Waals surface area (Å²) in [6.07, 6.45) is -0.385. The van der Waals surface area contributed by atoms with E-state index in [2.05, 4.69) is 0 Å². The third-order valence-electron chi connectivity index (χ3n) is 1.91. The minimum absolute atomic E-state index is 0.00897. The average Bonchev–Trinajstić information content (AvgIpc) is 2.17. The van der Waals surface area contributed by atoms with Gasteiger partial charge in [-0.2, -0.15) is 0 Å². The summed E-state index contributed by atoms with van der Waals surface area (Å²) < 4.78 is 5.36. The quantitative estimate of drug-likeness (QED) is 0.771. The van der Waals surface area contributed by atoms with Crippen LogP contribution >= 0.6 is 0 Å². The summed E-state index contributed by atoms with van der Waals surface area (Å²) in [6, 6.07) is 6.90. The third kappa shape index (κ3) is 3.99. The van der Waals surface area contributed by atoms with E-state index in [0.717, 1.165) is 5.56 Å². The molecule has 0 radical (unpaired) electrons. The van der Waals surface area contributed by atoms with E-state index in [4.69, 9.17) is 14.9 Å². The fraction of sp³-hybridized carbons (Fsp3) is 0.364. The number of carboxylic acid groups (broad SMARTS) is 1. The van der Waals surface area contributed by atoms with Gasteiger partial charge in [-0.3, -0.25) is 4.79 Å². The molecule has 0 aliphatic heterocycles. The maximum atomic E-state index is 10.4. The van der Waals surface area contributed by atoms with Crippen molar-refractivity contribution in [2.24, 2.45) is 0 Å². The van der Waals surface area contributed by atoms with Crippen LogP contribution < -0.4 is 4.74 Å². The summed E-state index contributed by atoms with van der Waals surface area (Å²) in [7, 11) is 0. The van der Waals surface area contributed by atoms with Gasteiger partial charge in [-0.15, -0.1) is 0 Å². The summed E-state index contributed by atoms with van der Waals surface area (Å²) in [5.41, 5.74) is 0.799. The molecule has 0 bridgehead atoms. The van der Waals surface area contributed by atoms with Gasteiger partial charge >= 0.3 is 5.97 Å². The molecule has 1 aromatic carbocycles. The minimum atomic E-state index is -0.880. The van der Waals surface area contributed by atoms with E-state index in [1.54, 1.807) is 31.2 Å². The molecule has 4 nitrogen and oxygen atoms in total. The summed E-state index contributed by atoms with van der Waals surface area (Å²) in [4.78, 5) is 10.4. The lowest BCUT2D eigenvalue weighted by Crippen LogP contribution is -2.16. The van der Waals surface area contributed by atoms with E-state index in [9.17, 15) is 4.79 Å². The predicted octanol–water partition coefficient (Wildman–Crippen LogP) is 1.42. The smallest absolute Gasteiger partial charge is 0.307 e. The van der Waals surface area contributed by atoms with E-state index in [1.807, 2.05) is 0 Å². The van der Waals surface area contributed by atoms with E-state index < -0.39 is 5.97 Å². The van der Waals surface area contributed by atoms with Crippen LogP contribution in [0.5, 0.6) is 5.75 Å². The van der Waals surface area contributed by atoms with Gasteiger partial charge in [0, 0.05) is 0 Å².